The number of rotatable bonds is 7. The van der Waals surface area contributed by atoms with Crippen molar-refractivity contribution in [3.05, 3.63) is 149 Å². The SMILES string of the molecule is CC(C)(C)Sc1ccc(-c2ccccc2C#N)cc1N.CC(C)(C)Sc1ccc(-c2ccccc2C(N)=O)cc1N.CC(C)(C)Sc1ccc(Br)cc1N.N#Cc1ccccc1B(O)O. The molecule has 9 nitrogen and oxygen atoms in total. The monoisotopic (exact) mass is 988 g/mol. The maximum absolute atomic E-state index is 11.5. The van der Waals surface area contributed by atoms with Gasteiger partial charge in [0, 0.05) is 56.0 Å². The van der Waals surface area contributed by atoms with Crippen LogP contribution in [0.1, 0.15) is 83.8 Å². The molecule has 0 aliphatic rings. The Hall–Kier alpha value is -5.32. The zero-order valence-corrected chi connectivity index (χ0v) is 42.3. The standard InChI is InChI=1S/C17H20N2OS.C17H18N2S.C10H14BrNS.C7H6BNO2/c1-17(2,3)21-15-9-8-11(10-14(15)18)12-6-4-5-7-13(12)16(19)20;1-17(2,3)20-16-9-8-12(10-15(16)19)14-7-5-4-6-13(14)11-18;1-10(2,3)13-9-5-4-7(11)6-8(9)12;9-5-6-3-1-2-4-7(6)8(10)11/h4-10H,18H2,1-3H3,(H2,19,20);4-10H,19H2,1-3H3;4-6H,12H2,1-3H3;1-4,10-11H. The number of carbonyl (C=O) groups is 1. The highest BCUT2D eigenvalue weighted by Gasteiger charge is 2.18. The van der Waals surface area contributed by atoms with Gasteiger partial charge in [-0.15, -0.1) is 35.3 Å². The molecule has 0 fully saturated rings. The first-order chi connectivity index (χ1) is 30.3. The van der Waals surface area contributed by atoms with Gasteiger partial charge in [0.2, 0.25) is 5.91 Å². The number of carbonyl (C=O) groups excluding carboxylic acids is 1. The Bertz CT molecular complexity index is 2650. The van der Waals surface area contributed by atoms with Crippen molar-refractivity contribution in [1.82, 2.24) is 0 Å². The molecule has 1 amide bonds. The molecular formula is C51H58BBrN6O3S3. The Morgan fingerprint density at radius 1 is 0.554 bits per heavy atom. The molecule has 338 valence electrons. The highest BCUT2D eigenvalue weighted by atomic mass is 79.9. The van der Waals surface area contributed by atoms with Crippen LogP contribution in [0.5, 0.6) is 0 Å². The second-order valence-corrected chi connectivity index (χ2v) is 24.0. The van der Waals surface area contributed by atoms with Crippen LogP contribution in [0.15, 0.2) is 147 Å². The summed E-state index contributed by atoms with van der Waals surface area (Å²) in [5.74, 6) is -0.433. The number of hydrogen-bond acceptors (Lipinski definition) is 11. The molecule has 0 aromatic heterocycles. The first-order valence-corrected chi connectivity index (χ1v) is 23.7. The van der Waals surface area contributed by atoms with E-state index in [2.05, 4.69) is 90.4 Å². The maximum Gasteiger partial charge on any atom is 0.489 e. The molecule has 6 aromatic carbocycles. The van der Waals surface area contributed by atoms with Gasteiger partial charge in [-0.3, -0.25) is 4.79 Å². The second kappa shape index (κ2) is 24.3. The van der Waals surface area contributed by atoms with E-state index >= 15 is 0 Å². The fraction of sp³-hybridized carbons (Fsp3) is 0.235. The number of primary amides is 1. The van der Waals surface area contributed by atoms with Crippen molar-refractivity contribution in [2.75, 3.05) is 17.2 Å². The van der Waals surface area contributed by atoms with E-state index in [0.717, 1.165) is 52.8 Å². The van der Waals surface area contributed by atoms with Crippen LogP contribution in [0.2, 0.25) is 0 Å². The third-order valence-corrected chi connectivity index (χ3v) is 12.6. The van der Waals surface area contributed by atoms with Gasteiger partial charge in [0.25, 0.3) is 0 Å². The third-order valence-electron chi connectivity index (χ3n) is 8.46. The summed E-state index contributed by atoms with van der Waals surface area (Å²) in [6.07, 6.45) is 0. The molecule has 65 heavy (non-hydrogen) atoms. The number of halogens is 1. The molecule has 6 aromatic rings. The number of anilines is 3. The molecule has 0 bridgehead atoms. The van der Waals surface area contributed by atoms with Gasteiger partial charge in [-0.1, -0.05) is 145 Å². The van der Waals surface area contributed by atoms with E-state index in [-0.39, 0.29) is 19.7 Å². The van der Waals surface area contributed by atoms with Crippen molar-refractivity contribution in [2.24, 2.45) is 5.73 Å². The number of nitrogens with zero attached hydrogens (tertiary/aromatic N) is 2. The van der Waals surface area contributed by atoms with E-state index in [1.807, 2.05) is 91.0 Å². The molecule has 14 heteroatoms. The minimum absolute atomic E-state index is 0.0980. The van der Waals surface area contributed by atoms with Gasteiger partial charge in [0.05, 0.1) is 23.3 Å². The Kier molecular flexibility index (Phi) is 20.2. The second-order valence-electron chi connectivity index (χ2n) is 17.5. The summed E-state index contributed by atoms with van der Waals surface area (Å²) in [4.78, 5) is 14.8. The molecule has 0 radical (unpaired) electrons. The summed E-state index contributed by atoms with van der Waals surface area (Å²) < 4.78 is 1.46. The summed E-state index contributed by atoms with van der Waals surface area (Å²) in [6.45, 7) is 19.5. The number of hydrogen-bond donors (Lipinski definition) is 6. The van der Waals surface area contributed by atoms with Crippen LogP contribution in [0.4, 0.5) is 17.1 Å². The van der Waals surface area contributed by atoms with Crippen molar-refractivity contribution in [1.29, 1.82) is 10.5 Å². The molecule has 10 N–H and O–H groups in total. The fourth-order valence-corrected chi connectivity index (χ4v) is 9.12. The van der Waals surface area contributed by atoms with Crippen LogP contribution in [-0.4, -0.2) is 37.3 Å². The summed E-state index contributed by atoms with van der Waals surface area (Å²) in [7, 11) is -1.56. The quantitative estimate of drug-likeness (QED) is 0.0503. The number of thioether (sulfide) groups is 3. The number of benzene rings is 6. The van der Waals surface area contributed by atoms with Gasteiger partial charge in [0.1, 0.15) is 0 Å². The average Bonchev–Trinajstić information content (AvgIpc) is 3.22. The Labute approximate surface area is 406 Å². The molecule has 0 aliphatic heterocycles. The predicted molar refractivity (Wildman–Crippen MR) is 282 cm³/mol. The number of nitriles is 2. The summed E-state index contributed by atoms with van der Waals surface area (Å²) in [6, 6.07) is 43.2. The molecule has 0 unspecified atom stereocenters. The number of nitrogens with two attached hydrogens (primary N) is 4. The first-order valence-electron chi connectivity index (χ1n) is 20.5. The molecular weight excluding hydrogens is 932 g/mol. The zero-order valence-electron chi connectivity index (χ0n) is 38.3. The van der Waals surface area contributed by atoms with E-state index in [1.54, 1.807) is 59.6 Å². The van der Waals surface area contributed by atoms with Gasteiger partial charge in [0.15, 0.2) is 0 Å². The van der Waals surface area contributed by atoms with Gasteiger partial charge in [-0.25, -0.2) is 0 Å². The lowest BCUT2D eigenvalue weighted by atomic mass is 9.77. The van der Waals surface area contributed by atoms with Crippen molar-refractivity contribution in [3.63, 3.8) is 0 Å². The highest BCUT2D eigenvalue weighted by Crippen LogP contribution is 2.40. The average molecular weight is 990 g/mol. The molecule has 0 atom stereocenters. The van der Waals surface area contributed by atoms with Crippen LogP contribution in [-0.2, 0) is 0 Å². The van der Waals surface area contributed by atoms with Crippen LogP contribution in [0, 0.1) is 22.7 Å². The summed E-state index contributed by atoms with van der Waals surface area (Å²) >= 11 is 8.65. The largest absolute Gasteiger partial charge is 0.489 e. The topological polar surface area (TPSA) is 209 Å². The minimum atomic E-state index is -1.56. The van der Waals surface area contributed by atoms with Crippen molar-refractivity contribution < 1.29 is 14.8 Å². The molecule has 0 heterocycles. The predicted octanol–water partition coefficient (Wildman–Crippen LogP) is 11.8. The van der Waals surface area contributed by atoms with E-state index in [9.17, 15) is 10.1 Å². The fourth-order valence-electron chi connectivity index (χ4n) is 5.83. The van der Waals surface area contributed by atoms with Gasteiger partial charge < -0.3 is 33.0 Å². The highest BCUT2D eigenvalue weighted by molar-refractivity contribution is 9.10. The van der Waals surface area contributed by atoms with Crippen molar-refractivity contribution in [3.8, 4) is 34.4 Å². The van der Waals surface area contributed by atoms with E-state index in [0.29, 0.717) is 22.4 Å². The first kappa shape index (κ1) is 54.0. The van der Waals surface area contributed by atoms with E-state index < -0.39 is 13.0 Å². The summed E-state index contributed by atoms with van der Waals surface area (Å²) in [5, 5.41) is 35.1. The van der Waals surface area contributed by atoms with Crippen LogP contribution >= 0.6 is 51.2 Å². The van der Waals surface area contributed by atoms with Gasteiger partial charge >= 0.3 is 7.12 Å². The van der Waals surface area contributed by atoms with Crippen LogP contribution < -0.4 is 28.4 Å². The molecule has 6 rings (SSSR count). The molecule has 0 aliphatic carbocycles. The van der Waals surface area contributed by atoms with Gasteiger partial charge in [-0.2, -0.15) is 10.5 Å². The number of amides is 1. The van der Waals surface area contributed by atoms with Crippen molar-refractivity contribution in [2.45, 2.75) is 91.2 Å². The Balaban J connectivity index is 0.000000238. The Morgan fingerprint density at radius 3 is 1.34 bits per heavy atom. The summed E-state index contributed by atoms with van der Waals surface area (Å²) in [5.41, 5.74) is 31.3. The van der Waals surface area contributed by atoms with Crippen LogP contribution in [0.3, 0.4) is 0 Å². The maximum atomic E-state index is 11.5. The molecule has 0 saturated carbocycles. The normalized spacial score (nSPS) is 10.9. The number of nitrogen functional groups attached to an aromatic ring is 3. The lowest BCUT2D eigenvalue weighted by Gasteiger charge is -2.19. The smallest absolute Gasteiger partial charge is 0.423 e. The zero-order chi connectivity index (χ0) is 48.7. The lowest BCUT2D eigenvalue weighted by Crippen LogP contribution is -2.31. The lowest BCUT2D eigenvalue weighted by molar-refractivity contribution is 0.100. The van der Waals surface area contributed by atoms with Gasteiger partial charge in [-0.05, 0) is 88.4 Å². The minimum Gasteiger partial charge on any atom is -0.423 e. The Morgan fingerprint density at radius 2 is 0.938 bits per heavy atom. The van der Waals surface area contributed by atoms with E-state index in [1.165, 1.54) is 12.1 Å². The van der Waals surface area contributed by atoms with Crippen molar-refractivity contribution >= 4 is 86.8 Å². The molecule has 0 spiro atoms. The third kappa shape index (κ3) is 18.2. The van der Waals surface area contributed by atoms with Crippen LogP contribution in [0.25, 0.3) is 22.3 Å². The molecule has 0 saturated heterocycles. The van der Waals surface area contributed by atoms with E-state index in [4.69, 9.17) is 38.2 Å².